The molecule has 4 aliphatic carbocycles. The molecule has 0 spiro atoms. The van der Waals surface area contributed by atoms with Crippen LogP contribution in [0.3, 0.4) is 0 Å². The number of hydrogen-bond donors (Lipinski definition) is 1. The first kappa shape index (κ1) is 17.9. The summed E-state index contributed by atoms with van der Waals surface area (Å²) >= 11 is 0. The van der Waals surface area contributed by atoms with Gasteiger partial charge in [0.25, 0.3) is 0 Å². The molecule has 0 radical (unpaired) electrons. The number of imidazole rings is 1. The zero-order valence-electron chi connectivity index (χ0n) is 17.3. The van der Waals surface area contributed by atoms with Crippen molar-refractivity contribution in [3.63, 3.8) is 0 Å². The molecule has 2 atom stereocenters. The number of phenols is 1. The Kier molecular flexibility index (Phi) is 3.62. The monoisotopic (exact) mass is 406 g/mol. The first-order chi connectivity index (χ1) is 14.5. The van der Waals surface area contributed by atoms with Crippen molar-refractivity contribution in [1.82, 2.24) is 29.8 Å². The molecule has 0 amide bonds. The van der Waals surface area contributed by atoms with E-state index in [1.807, 2.05) is 24.0 Å². The lowest BCUT2D eigenvalue weighted by molar-refractivity contribution is -0.103. The Labute approximate surface area is 174 Å². The van der Waals surface area contributed by atoms with E-state index in [1.54, 1.807) is 19.2 Å². The SMILES string of the molecule is COc1ccc(-c2nccn2C23CC4CC(CC(n5nnc(C)n5)(C4)C2)C3)cc1O. The number of phenolic OH excluding ortho intramolecular Hbond substituents is 1. The van der Waals surface area contributed by atoms with E-state index in [1.165, 1.54) is 6.42 Å². The normalized spacial score (nSPS) is 31.9. The van der Waals surface area contributed by atoms with Crippen LogP contribution in [0.1, 0.15) is 44.3 Å². The van der Waals surface area contributed by atoms with Gasteiger partial charge in [0.15, 0.2) is 17.3 Å². The van der Waals surface area contributed by atoms with E-state index in [0.717, 1.165) is 49.3 Å². The van der Waals surface area contributed by atoms with E-state index in [2.05, 4.69) is 26.2 Å². The van der Waals surface area contributed by atoms with Gasteiger partial charge >= 0.3 is 0 Å². The molecule has 4 saturated carbocycles. The quantitative estimate of drug-likeness (QED) is 0.715. The largest absolute Gasteiger partial charge is 0.504 e. The lowest BCUT2D eigenvalue weighted by Crippen LogP contribution is -2.60. The van der Waals surface area contributed by atoms with E-state index in [9.17, 15) is 5.11 Å². The molecule has 2 heterocycles. The fraction of sp³-hybridized carbons (Fsp3) is 0.545. The van der Waals surface area contributed by atoms with Crippen LogP contribution in [0, 0.1) is 18.8 Å². The van der Waals surface area contributed by atoms with E-state index in [0.29, 0.717) is 17.6 Å². The Balaban J connectivity index is 1.45. The first-order valence-electron chi connectivity index (χ1n) is 10.7. The van der Waals surface area contributed by atoms with Crippen molar-refractivity contribution in [2.24, 2.45) is 11.8 Å². The Morgan fingerprint density at radius 2 is 1.90 bits per heavy atom. The summed E-state index contributed by atoms with van der Waals surface area (Å²) < 4.78 is 7.58. The smallest absolute Gasteiger partial charge is 0.171 e. The number of tetrazole rings is 1. The molecule has 2 aromatic heterocycles. The minimum absolute atomic E-state index is 0.00695. The number of nitrogens with zero attached hydrogens (tertiary/aromatic N) is 6. The van der Waals surface area contributed by atoms with Gasteiger partial charge in [0.1, 0.15) is 5.82 Å². The minimum Gasteiger partial charge on any atom is -0.504 e. The molecule has 1 N–H and O–H groups in total. The number of aryl methyl sites for hydroxylation is 1. The molecular weight excluding hydrogens is 380 g/mol. The molecule has 4 bridgehead atoms. The summed E-state index contributed by atoms with van der Waals surface area (Å²) in [6.07, 6.45) is 10.9. The lowest BCUT2D eigenvalue weighted by atomic mass is 9.50. The van der Waals surface area contributed by atoms with Crippen LogP contribution in [0.4, 0.5) is 0 Å². The lowest BCUT2D eigenvalue weighted by Gasteiger charge is -2.61. The molecule has 8 heteroatoms. The van der Waals surface area contributed by atoms with Crippen LogP contribution >= 0.6 is 0 Å². The van der Waals surface area contributed by atoms with Gasteiger partial charge in [0.2, 0.25) is 0 Å². The first-order valence-corrected chi connectivity index (χ1v) is 10.7. The standard InChI is InChI=1S/C22H26N6O2/c1-14-24-26-28(25-14)22-11-15-7-16(12-22)10-21(9-15,13-22)27-6-5-23-20(27)17-3-4-19(30-2)18(29)8-17/h3-6,8,15-16,29H,7,9-13H2,1-2H3. The van der Waals surface area contributed by atoms with Gasteiger partial charge in [-0.15, -0.1) is 10.2 Å². The summed E-state index contributed by atoms with van der Waals surface area (Å²) in [4.78, 5) is 6.62. The van der Waals surface area contributed by atoms with E-state index in [4.69, 9.17) is 9.72 Å². The van der Waals surface area contributed by atoms with Crippen LogP contribution in [0.25, 0.3) is 11.4 Å². The van der Waals surface area contributed by atoms with Crippen molar-refractivity contribution >= 4 is 0 Å². The van der Waals surface area contributed by atoms with Crippen molar-refractivity contribution in [3.8, 4) is 22.9 Å². The van der Waals surface area contributed by atoms with E-state index < -0.39 is 0 Å². The van der Waals surface area contributed by atoms with Crippen molar-refractivity contribution < 1.29 is 9.84 Å². The van der Waals surface area contributed by atoms with Crippen molar-refractivity contribution in [2.75, 3.05) is 7.11 Å². The van der Waals surface area contributed by atoms with Gasteiger partial charge in [-0.2, -0.15) is 4.80 Å². The Morgan fingerprint density at radius 1 is 1.13 bits per heavy atom. The molecule has 7 rings (SSSR count). The van der Waals surface area contributed by atoms with Crippen LogP contribution in [0.5, 0.6) is 11.5 Å². The number of aromatic hydroxyl groups is 1. The third-order valence-electron chi connectivity index (χ3n) is 7.53. The second-order valence-electron chi connectivity index (χ2n) is 9.54. The highest BCUT2D eigenvalue weighted by Crippen LogP contribution is 2.63. The number of rotatable bonds is 4. The third-order valence-corrected chi connectivity index (χ3v) is 7.53. The molecule has 30 heavy (non-hydrogen) atoms. The number of ether oxygens (including phenoxy) is 1. The summed E-state index contributed by atoms with van der Waals surface area (Å²) in [5.41, 5.74) is 0.833. The van der Waals surface area contributed by atoms with Gasteiger partial charge in [-0.1, -0.05) is 0 Å². The number of aromatic nitrogens is 6. The molecule has 156 valence electrons. The zero-order valence-corrected chi connectivity index (χ0v) is 17.3. The molecule has 1 aromatic carbocycles. The fourth-order valence-corrected chi connectivity index (χ4v) is 6.90. The minimum atomic E-state index is -0.0606. The average molecular weight is 406 g/mol. The van der Waals surface area contributed by atoms with Gasteiger partial charge in [0, 0.05) is 23.5 Å². The van der Waals surface area contributed by atoms with Gasteiger partial charge in [-0.25, -0.2) is 4.98 Å². The maximum absolute atomic E-state index is 10.3. The molecule has 2 unspecified atom stereocenters. The van der Waals surface area contributed by atoms with Crippen molar-refractivity contribution in [2.45, 2.75) is 56.5 Å². The Bertz CT molecular complexity index is 1100. The molecule has 4 fully saturated rings. The highest BCUT2D eigenvalue weighted by molar-refractivity contribution is 5.61. The maximum Gasteiger partial charge on any atom is 0.171 e. The summed E-state index contributed by atoms with van der Waals surface area (Å²) in [5, 5.41) is 23.6. The van der Waals surface area contributed by atoms with Crippen LogP contribution in [0.2, 0.25) is 0 Å². The molecule has 0 saturated heterocycles. The average Bonchev–Trinajstić information content (AvgIpc) is 3.37. The Morgan fingerprint density at radius 3 is 2.57 bits per heavy atom. The molecule has 0 aliphatic heterocycles. The molecule has 4 aliphatic rings. The van der Waals surface area contributed by atoms with Crippen LogP contribution in [-0.4, -0.2) is 42.0 Å². The predicted octanol–water partition coefficient (Wildman–Crippen LogP) is 3.26. The third kappa shape index (κ3) is 2.45. The van der Waals surface area contributed by atoms with Crippen LogP contribution in [-0.2, 0) is 11.1 Å². The second-order valence-corrected chi connectivity index (χ2v) is 9.54. The summed E-state index contributed by atoms with van der Waals surface area (Å²) in [7, 11) is 1.56. The van der Waals surface area contributed by atoms with Crippen molar-refractivity contribution in [1.29, 1.82) is 0 Å². The number of benzene rings is 1. The molecule has 8 nitrogen and oxygen atoms in total. The topological polar surface area (TPSA) is 90.9 Å². The zero-order chi connectivity index (χ0) is 20.5. The fourth-order valence-electron chi connectivity index (χ4n) is 6.90. The van der Waals surface area contributed by atoms with Crippen LogP contribution in [0.15, 0.2) is 30.6 Å². The van der Waals surface area contributed by atoms with Gasteiger partial charge in [-0.3, -0.25) is 0 Å². The summed E-state index contributed by atoms with van der Waals surface area (Å²) in [6.45, 7) is 1.91. The van der Waals surface area contributed by atoms with E-state index in [-0.39, 0.29) is 16.8 Å². The second kappa shape index (κ2) is 6.06. The van der Waals surface area contributed by atoms with Crippen LogP contribution < -0.4 is 4.74 Å². The number of hydrogen-bond acceptors (Lipinski definition) is 6. The van der Waals surface area contributed by atoms with Gasteiger partial charge < -0.3 is 14.4 Å². The maximum atomic E-state index is 10.3. The van der Waals surface area contributed by atoms with Gasteiger partial charge in [0.05, 0.1) is 12.6 Å². The Hall–Kier alpha value is -2.90. The predicted molar refractivity (Wildman–Crippen MR) is 109 cm³/mol. The van der Waals surface area contributed by atoms with Gasteiger partial charge in [-0.05, 0) is 80.7 Å². The molecule has 3 aromatic rings. The highest BCUT2D eigenvalue weighted by Gasteiger charge is 2.60. The highest BCUT2D eigenvalue weighted by atomic mass is 16.5. The van der Waals surface area contributed by atoms with Crippen molar-refractivity contribution in [3.05, 3.63) is 36.4 Å². The number of methoxy groups -OCH3 is 1. The summed E-state index contributed by atoms with van der Waals surface area (Å²) in [5.74, 6) is 3.56. The van der Waals surface area contributed by atoms with E-state index >= 15 is 0 Å². The molecular formula is C22H26N6O2. The summed E-state index contributed by atoms with van der Waals surface area (Å²) in [6, 6.07) is 5.51.